The maximum Gasteiger partial charge on any atom is 0.240 e. The lowest BCUT2D eigenvalue weighted by molar-refractivity contribution is -0.126. The van der Waals surface area contributed by atoms with Crippen molar-refractivity contribution < 1.29 is 9.53 Å². The van der Waals surface area contributed by atoms with Crippen molar-refractivity contribution in [2.75, 3.05) is 19.8 Å². The number of amides is 1. The van der Waals surface area contributed by atoms with Gasteiger partial charge in [-0.1, -0.05) is 29.8 Å². The molecule has 1 aromatic rings. The summed E-state index contributed by atoms with van der Waals surface area (Å²) in [5.74, 6) is 0.00257. The average Bonchev–Trinajstić information content (AvgIpc) is 2.40. The lowest BCUT2D eigenvalue weighted by Crippen LogP contribution is -2.51. The summed E-state index contributed by atoms with van der Waals surface area (Å²) in [5.41, 5.74) is 2.34. The molecule has 4 nitrogen and oxygen atoms in total. The summed E-state index contributed by atoms with van der Waals surface area (Å²) >= 11 is 0. The largest absolute Gasteiger partial charge is 0.378 e. The topological polar surface area (TPSA) is 50.4 Å². The van der Waals surface area contributed by atoms with Crippen LogP contribution in [0.5, 0.6) is 0 Å². The van der Waals surface area contributed by atoms with Crippen LogP contribution in [0.3, 0.4) is 0 Å². The SMILES string of the molecule is Cc1ccc(C(C)NC(=O)C2COCCN2)cc1.Cl. The van der Waals surface area contributed by atoms with Crippen LogP contribution in [0.4, 0.5) is 0 Å². The number of morpholine rings is 1. The summed E-state index contributed by atoms with van der Waals surface area (Å²) in [6.45, 7) is 5.91. The van der Waals surface area contributed by atoms with Crippen LogP contribution in [0.2, 0.25) is 0 Å². The zero-order valence-electron chi connectivity index (χ0n) is 11.3. The fraction of sp³-hybridized carbons (Fsp3) is 0.500. The van der Waals surface area contributed by atoms with Crippen LogP contribution in [0.25, 0.3) is 0 Å². The van der Waals surface area contributed by atoms with Crippen LogP contribution in [-0.2, 0) is 9.53 Å². The Morgan fingerprint density at radius 1 is 1.42 bits per heavy atom. The molecule has 106 valence electrons. The number of halogens is 1. The van der Waals surface area contributed by atoms with Crippen LogP contribution in [0.15, 0.2) is 24.3 Å². The lowest BCUT2D eigenvalue weighted by Gasteiger charge is -2.25. The Balaban J connectivity index is 0.00000180. The van der Waals surface area contributed by atoms with Gasteiger partial charge in [-0.25, -0.2) is 0 Å². The summed E-state index contributed by atoms with van der Waals surface area (Å²) in [4.78, 5) is 12.0. The van der Waals surface area contributed by atoms with Crippen molar-refractivity contribution in [3.05, 3.63) is 35.4 Å². The number of nitrogens with one attached hydrogen (secondary N) is 2. The first-order valence-electron chi connectivity index (χ1n) is 6.35. The molecule has 0 aliphatic carbocycles. The third-order valence-corrected chi connectivity index (χ3v) is 3.17. The van der Waals surface area contributed by atoms with Crippen molar-refractivity contribution in [2.45, 2.75) is 25.9 Å². The van der Waals surface area contributed by atoms with Gasteiger partial charge in [-0.05, 0) is 19.4 Å². The van der Waals surface area contributed by atoms with E-state index in [1.54, 1.807) is 0 Å². The second-order valence-corrected chi connectivity index (χ2v) is 4.72. The molecular formula is C14H21ClN2O2. The molecule has 5 heteroatoms. The molecule has 1 heterocycles. The molecule has 1 aliphatic rings. The Morgan fingerprint density at radius 3 is 2.68 bits per heavy atom. The second-order valence-electron chi connectivity index (χ2n) is 4.72. The molecule has 1 aromatic carbocycles. The minimum absolute atomic E-state index is 0. The molecule has 2 unspecified atom stereocenters. The van der Waals surface area contributed by atoms with Gasteiger partial charge in [-0.2, -0.15) is 0 Å². The maximum absolute atomic E-state index is 12.0. The minimum Gasteiger partial charge on any atom is -0.378 e. The van der Waals surface area contributed by atoms with E-state index in [2.05, 4.69) is 29.7 Å². The Bertz CT molecular complexity index is 402. The van der Waals surface area contributed by atoms with E-state index in [0.29, 0.717) is 13.2 Å². The highest BCUT2D eigenvalue weighted by molar-refractivity contribution is 5.85. The highest BCUT2D eigenvalue weighted by Gasteiger charge is 2.22. The number of aryl methyl sites for hydroxylation is 1. The molecule has 1 aliphatic heterocycles. The average molecular weight is 285 g/mol. The van der Waals surface area contributed by atoms with Crippen LogP contribution >= 0.6 is 12.4 Å². The lowest BCUT2D eigenvalue weighted by atomic mass is 10.1. The van der Waals surface area contributed by atoms with E-state index in [1.807, 2.05) is 19.1 Å². The van der Waals surface area contributed by atoms with E-state index in [9.17, 15) is 4.79 Å². The zero-order chi connectivity index (χ0) is 13.0. The summed E-state index contributed by atoms with van der Waals surface area (Å²) in [6, 6.07) is 7.99. The first-order valence-corrected chi connectivity index (χ1v) is 6.35. The molecule has 0 bridgehead atoms. The first kappa shape index (κ1) is 16.0. The number of carbonyl (C=O) groups is 1. The van der Waals surface area contributed by atoms with E-state index in [1.165, 1.54) is 5.56 Å². The molecular weight excluding hydrogens is 264 g/mol. The second kappa shape index (κ2) is 7.48. The van der Waals surface area contributed by atoms with Crippen molar-refractivity contribution in [3.63, 3.8) is 0 Å². The van der Waals surface area contributed by atoms with Crippen molar-refractivity contribution in [2.24, 2.45) is 0 Å². The van der Waals surface area contributed by atoms with Crippen LogP contribution < -0.4 is 10.6 Å². The summed E-state index contributed by atoms with van der Waals surface area (Å²) < 4.78 is 5.28. The van der Waals surface area contributed by atoms with Gasteiger partial charge in [0.1, 0.15) is 6.04 Å². The van der Waals surface area contributed by atoms with Gasteiger partial charge >= 0.3 is 0 Å². The summed E-state index contributed by atoms with van der Waals surface area (Å²) in [6.07, 6.45) is 0. The molecule has 0 spiro atoms. The van der Waals surface area contributed by atoms with Crippen molar-refractivity contribution in [1.82, 2.24) is 10.6 Å². The van der Waals surface area contributed by atoms with Crippen LogP contribution in [0.1, 0.15) is 24.1 Å². The van der Waals surface area contributed by atoms with Gasteiger partial charge in [0.15, 0.2) is 0 Å². The van der Waals surface area contributed by atoms with Gasteiger partial charge in [0, 0.05) is 6.54 Å². The molecule has 1 saturated heterocycles. The highest BCUT2D eigenvalue weighted by Crippen LogP contribution is 2.13. The third-order valence-electron chi connectivity index (χ3n) is 3.17. The van der Waals surface area contributed by atoms with Gasteiger partial charge in [-0.3, -0.25) is 4.79 Å². The van der Waals surface area contributed by atoms with E-state index >= 15 is 0 Å². The Hall–Kier alpha value is -1.10. The normalized spacial score (nSPS) is 20.2. The fourth-order valence-electron chi connectivity index (χ4n) is 1.99. The molecule has 1 fully saturated rings. The smallest absolute Gasteiger partial charge is 0.240 e. The van der Waals surface area contributed by atoms with Crippen molar-refractivity contribution in [1.29, 1.82) is 0 Å². The van der Waals surface area contributed by atoms with E-state index in [0.717, 1.165) is 12.1 Å². The predicted octanol–water partition coefficient (Wildman–Crippen LogP) is 1.58. The van der Waals surface area contributed by atoms with Crippen molar-refractivity contribution >= 4 is 18.3 Å². The van der Waals surface area contributed by atoms with Crippen molar-refractivity contribution in [3.8, 4) is 0 Å². The van der Waals surface area contributed by atoms with Gasteiger partial charge in [-0.15, -0.1) is 12.4 Å². The number of carbonyl (C=O) groups excluding carboxylic acids is 1. The van der Waals surface area contributed by atoms with E-state index in [4.69, 9.17) is 4.74 Å². The summed E-state index contributed by atoms with van der Waals surface area (Å²) in [7, 11) is 0. The zero-order valence-corrected chi connectivity index (χ0v) is 12.1. The number of ether oxygens (including phenoxy) is 1. The number of benzene rings is 1. The number of rotatable bonds is 3. The predicted molar refractivity (Wildman–Crippen MR) is 77.6 cm³/mol. The fourth-order valence-corrected chi connectivity index (χ4v) is 1.99. The quantitative estimate of drug-likeness (QED) is 0.886. The molecule has 0 aromatic heterocycles. The maximum atomic E-state index is 12.0. The monoisotopic (exact) mass is 284 g/mol. The van der Waals surface area contributed by atoms with Crippen LogP contribution in [-0.4, -0.2) is 31.7 Å². The molecule has 2 atom stereocenters. The van der Waals surface area contributed by atoms with Gasteiger partial charge < -0.3 is 15.4 Å². The number of hydrogen-bond donors (Lipinski definition) is 2. The molecule has 2 N–H and O–H groups in total. The first-order chi connectivity index (χ1) is 8.66. The Kier molecular flexibility index (Phi) is 6.28. The standard InChI is InChI=1S/C14H20N2O2.ClH/c1-10-3-5-12(6-4-10)11(2)16-14(17)13-9-18-8-7-15-13;/h3-6,11,13,15H,7-9H2,1-2H3,(H,16,17);1H. The molecule has 0 saturated carbocycles. The highest BCUT2D eigenvalue weighted by atomic mass is 35.5. The summed E-state index contributed by atoms with van der Waals surface area (Å²) in [5, 5.41) is 6.15. The molecule has 0 radical (unpaired) electrons. The third kappa shape index (κ3) is 4.49. The molecule has 19 heavy (non-hydrogen) atoms. The van der Waals surface area contributed by atoms with E-state index < -0.39 is 0 Å². The minimum atomic E-state index is -0.230. The Labute approximate surface area is 120 Å². The van der Waals surface area contributed by atoms with Gasteiger partial charge in [0.2, 0.25) is 5.91 Å². The van der Waals surface area contributed by atoms with E-state index in [-0.39, 0.29) is 30.4 Å². The molecule has 2 rings (SSSR count). The van der Waals surface area contributed by atoms with Gasteiger partial charge in [0.25, 0.3) is 0 Å². The Morgan fingerprint density at radius 2 is 2.11 bits per heavy atom. The number of hydrogen-bond acceptors (Lipinski definition) is 3. The van der Waals surface area contributed by atoms with Crippen LogP contribution in [0, 0.1) is 6.92 Å². The molecule has 1 amide bonds. The van der Waals surface area contributed by atoms with Gasteiger partial charge in [0.05, 0.1) is 19.3 Å².